The zero-order chi connectivity index (χ0) is 17.2. The van der Waals surface area contributed by atoms with Gasteiger partial charge in [-0.3, -0.25) is 4.79 Å². The van der Waals surface area contributed by atoms with Crippen molar-refractivity contribution in [1.29, 1.82) is 0 Å². The van der Waals surface area contributed by atoms with E-state index in [0.717, 1.165) is 24.2 Å². The molecule has 2 heterocycles. The predicted octanol–water partition coefficient (Wildman–Crippen LogP) is 4.23. The van der Waals surface area contributed by atoms with E-state index < -0.39 is 0 Å². The van der Waals surface area contributed by atoms with Crippen LogP contribution in [0, 0.1) is 0 Å². The Balaban J connectivity index is 1.50. The lowest BCUT2D eigenvalue weighted by molar-refractivity contribution is -0.133. The summed E-state index contributed by atoms with van der Waals surface area (Å²) in [7, 11) is 0. The van der Waals surface area contributed by atoms with E-state index in [1.165, 1.54) is 0 Å². The van der Waals surface area contributed by atoms with Crippen LogP contribution in [-0.4, -0.2) is 21.8 Å². The quantitative estimate of drug-likeness (QED) is 0.676. The van der Waals surface area contributed by atoms with Gasteiger partial charge in [-0.05, 0) is 44.0 Å². The van der Waals surface area contributed by atoms with Crippen molar-refractivity contribution < 1.29 is 13.6 Å². The minimum absolute atomic E-state index is 0.0549. The third-order valence-corrected chi connectivity index (χ3v) is 4.51. The van der Waals surface area contributed by atoms with Crippen molar-refractivity contribution in [2.45, 2.75) is 38.3 Å². The van der Waals surface area contributed by atoms with Gasteiger partial charge in [0.25, 0.3) is 0 Å². The van der Waals surface area contributed by atoms with E-state index in [2.05, 4.69) is 4.98 Å². The molecule has 0 spiro atoms. The SMILES string of the molecule is CC(c1ccco1)N(C(=O)Cc1coc(-c2ccccc2)n1)C1CC1. The first-order valence-corrected chi connectivity index (χ1v) is 8.57. The third kappa shape index (κ3) is 3.36. The molecule has 1 aromatic carbocycles. The van der Waals surface area contributed by atoms with Crippen LogP contribution in [0.5, 0.6) is 0 Å². The average molecular weight is 336 g/mol. The first-order valence-electron chi connectivity index (χ1n) is 8.57. The number of nitrogens with zero attached hydrogens (tertiary/aromatic N) is 2. The summed E-state index contributed by atoms with van der Waals surface area (Å²) in [4.78, 5) is 19.3. The predicted molar refractivity (Wildman–Crippen MR) is 92.6 cm³/mol. The molecule has 4 rings (SSSR count). The second kappa shape index (κ2) is 6.59. The lowest BCUT2D eigenvalue weighted by Crippen LogP contribution is -2.36. The largest absolute Gasteiger partial charge is 0.467 e. The molecule has 2 aromatic heterocycles. The van der Waals surface area contributed by atoms with Crippen molar-refractivity contribution in [3.05, 3.63) is 66.4 Å². The second-order valence-corrected chi connectivity index (χ2v) is 6.41. The summed E-state index contributed by atoms with van der Waals surface area (Å²) in [5.41, 5.74) is 1.56. The summed E-state index contributed by atoms with van der Waals surface area (Å²) in [6.07, 6.45) is 5.54. The monoisotopic (exact) mass is 336 g/mol. The molecule has 5 nitrogen and oxygen atoms in total. The summed E-state index contributed by atoms with van der Waals surface area (Å²) in [6.45, 7) is 2.01. The molecule has 128 valence electrons. The first-order chi connectivity index (χ1) is 12.2. The highest BCUT2D eigenvalue weighted by atomic mass is 16.3. The molecule has 1 unspecified atom stereocenters. The lowest BCUT2D eigenvalue weighted by Gasteiger charge is -2.27. The van der Waals surface area contributed by atoms with Crippen LogP contribution in [0.25, 0.3) is 11.5 Å². The Morgan fingerprint density at radius 2 is 2.00 bits per heavy atom. The maximum atomic E-state index is 12.9. The molecule has 1 aliphatic rings. The maximum absolute atomic E-state index is 12.9. The van der Waals surface area contributed by atoms with E-state index in [4.69, 9.17) is 8.83 Å². The number of carbonyl (C=O) groups excluding carboxylic acids is 1. The number of carbonyl (C=O) groups is 1. The second-order valence-electron chi connectivity index (χ2n) is 6.41. The molecule has 1 saturated carbocycles. The molecule has 0 bridgehead atoms. The van der Waals surface area contributed by atoms with Gasteiger partial charge in [-0.2, -0.15) is 0 Å². The van der Waals surface area contributed by atoms with Crippen LogP contribution >= 0.6 is 0 Å². The van der Waals surface area contributed by atoms with Gasteiger partial charge in [0.2, 0.25) is 11.8 Å². The Labute approximate surface area is 146 Å². The van der Waals surface area contributed by atoms with Crippen molar-refractivity contribution in [2.75, 3.05) is 0 Å². The molecular weight excluding hydrogens is 316 g/mol. The van der Waals surface area contributed by atoms with Crippen LogP contribution < -0.4 is 0 Å². The number of aromatic nitrogens is 1. The van der Waals surface area contributed by atoms with Gasteiger partial charge in [0.1, 0.15) is 12.0 Å². The number of furan rings is 1. The normalized spacial score (nSPS) is 15.1. The highest BCUT2D eigenvalue weighted by Gasteiger charge is 2.37. The Kier molecular flexibility index (Phi) is 4.14. The van der Waals surface area contributed by atoms with Gasteiger partial charge >= 0.3 is 0 Å². The highest BCUT2D eigenvalue weighted by molar-refractivity contribution is 5.79. The van der Waals surface area contributed by atoms with E-state index in [1.807, 2.05) is 54.3 Å². The third-order valence-electron chi connectivity index (χ3n) is 4.51. The smallest absolute Gasteiger partial charge is 0.229 e. The summed E-state index contributed by atoms with van der Waals surface area (Å²) in [5.74, 6) is 1.41. The molecule has 5 heteroatoms. The Hall–Kier alpha value is -2.82. The van der Waals surface area contributed by atoms with Gasteiger partial charge < -0.3 is 13.7 Å². The number of hydrogen-bond acceptors (Lipinski definition) is 4. The number of benzene rings is 1. The molecule has 3 aromatic rings. The molecule has 1 amide bonds. The van der Waals surface area contributed by atoms with E-state index in [-0.39, 0.29) is 18.4 Å². The Bertz CT molecular complexity index is 835. The van der Waals surface area contributed by atoms with Crippen molar-refractivity contribution in [3.8, 4) is 11.5 Å². The molecule has 1 fully saturated rings. The fourth-order valence-corrected chi connectivity index (χ4v) is 3.10. The molecule has 1 aliphatic carbocycles. The van der Waals surface area contributed by atoms with E-state index in [0.29, 0.717) is 17.6 Å². The maximum Gasteiger partial charge on any atom is 0.229 e. The number of hydrogen-bond donors (Lipinski definition) is 0. The summed E-state index contributed by atoms with van der Waals surface area (Å²) < 4.78 is 11.0. The van der Waals surface area contributed by atoms with Crippen LogP contribution in [0.15, 0.2) is 63.8 Å². The van der Waals surface area contributed by atoms with Crippen molar-refractivity contribution in [2.24, 2.45) is 0 Å². The topological polar surface area (TPSA) is 59.5 Å². The van der Waals surface area contributed by atoms with Gasteiger partial charge in [0, 0.05) is 11.6 Å². The Morgan fingerprint density at radius 3 is 2.68 bits per heavy atom. The standard InChI is InChI=1S/C20H20N2O3/c1-14(18-8-5-11-24-18)22(17-9-10-17)19(23)12-16-13-25-20(21-16)15-6-3-2-4-7-15/h2-8,11,13-14,17H,9-10,12H2,1H3. The van der Waals surface area contributed by atoms with Crippen LogP contribution in [0.1, 0.15) is 37.3 Å². The number of oxazole rings is 1. The average Bonchev–Trinajstić information content (AvgIpc) is 3.13. The highest BCUT2D eigenvalue weighted by Crippen LogP contribution is 2.35. The van der Waals surface area contributed by atoms with Crippen LogP contribution in [-0.2, 0) is 11.2 Å². The van der Waals surface area contributed by atoms with Crippen molar-refractivity contribution in [3.63, 3.8) is 0 Å². The van der Waals surface area contributed by atoms with Gasteiger partial charge in [-0.1, -0.05) is 18.2 Å². The van der Waals surface area contributed by atoms with Gasteiger partial charge in [0.05, 0.1) is 24.4 Å². The van der Waals surface area contributed by atoms with E-state index in [9.17, 15) is 4.79 Å². The van der Waals surface area contributed by atoms with Crippen LogP contribution in [0.3, 0.4) is 0 Å². The fourth-order valence-electron chi connectivity index (χ4n) is 3.10. The van der Waals surface area contributed by atoms with E-state index >= 15 is 0 Å². The summed E-state index contributed by atoms with van der Waals surface area (Å²) >= 11 is 0. The lowest BCUT2D eigenvalue weighted by atomic mass is 10.2. The molecule has 0 radical (unpaired) electrons. The molecular formula is C20H20N2O3. The van der Waals surface area contributed by atoms with Crippen LogP contribution in [0.2, 0.25) is 0 Å². The molecule has 25 heavy (non-hydrogen) atoms. The first kappa shape index (κ1) is 15.7. The van der Waals surface area contributed by atoms with Gasteiger partial charge in [-0.15, -0.1) is 0 Å². The molecule has 1 atom stereocenters. The Morgan fingerprint density at radius 1 is 1.20 bits per heavy atom. The zero-order valence-corrected chi connectivity index (χ0v) is 14.1. The number of rotatable bonds is 6. The van der Waals surface area contributed by atoms with Crippen molar-refractivity contribution >= 4 is 5.91 Å². The summed E-state index contributed by atoms with van der Waals surface area (Å²) in [5, 5.41) is 0. The van der Waals surface area contributed by atoms with Gasteiger partial charge in [0.15, 0.2) is 0 Å². The fraction of sp³-hybridized carbons (Fsp3) is 0.300. The minimum atomic E-state index is -0.0736. The number of amides is 1. The minimum Gasteiger partial charge on any atom is -0.467 e. The van der Waals surface area contributed by atoms with Crippen molar-refractivity contribution in [1.82, 2.24) is 9.88 Å². The molecule has 0 aliphatic heterocycles. The molecule has 0 saturated heterocycles. The zero-order valence-electron chi connectivity index (χ0n) is 14.1. The van der Waals surface area contributed by atoms with E-state index in [1.54, 1.807) is 12.5 Å². The molecule has 0 N–H and O–H groups in total. The summed E-state index contributed by atoms with van der Waals surface area (Å²) in [6, 6.07) is 13.7. The van der Waals surface area contributed by atoms with Gasteiger partial charge in [-0.25, -0.2) is 4.98 Å². The van der Waals surface area contributed by atoms with Crippen LogP contribution in [0.4, 0.5) is 0 Å².